The molecule has 4 nitrogen and oxygen atoms in total. The normalized spacial score (nSPS) is 10.7. The van der Waals surface area contributed by atoms with Crippen LogP contribution in [0.1, 0.15) is 30.4 Å². The maximum atomic E-state index is 10.8. The highest BCUT2D eigenvalue weighted by Gasteiger charge is 2.10. The zero-order chi connectivity index (χ0) is 9.30. The summed E-state index contributed by atoms with van der Waals surface area (Å²) in [5.41, 5.74) is 5.89. The van der Waals surface area contributed by atoms with Crippen LogP contribution in [0.3, 0.4) is 0 Å². The molecule has 1 heterocycles. The number of hydrogen-bond acceptors (Lipinski definition) is 3. The van der Waals surface area contributed by atoms with Crippen LogP contribution in [0.25, 0.3) is 0 Å². The topological polar surface area (TPSA) is 60.9 Å². The Labute approximate surface area is 76.2 Å². The van der Waals surface area contributed by atoms with Crippen molar-refractivity contribution in [3.8, 4) is 0 Å². The molecule has 0 saturated heterocycles. The van der Waals surface area contributed by atoms with Crippen molar-refractivity contribution in [1.82, 2.24) is 9.78 Å². The van der Waals surface area contributed by atoms with E-state index in [-0.39, 0.29) is 11.2 Å². The molecule has 0 amide bonds. The lowest BCUT2D eigenvalue weighted by Crippen LogP contribution is -2.07. The van der Waals surface area contributed by atoms with Crippen LogP contribution in [0, 0.1) is 0 Å². The van der Waals surface area contributed by atoms with Gasteiger partial charge in [-0.2, -0.15) is 5.10 Å². The van der Waals surface area contributed by atoms with Gasteiger partial charge in [0.05, 0.1) is 0 Å². The predicted octanol–water partition coefficient (Wildman–Crippen LogP) is 1.12. The molecule has 0 bridgehead atoms. The Bertz CT molecular complexity index is 306. The third-order valence-electron chi connectivity index (χ3n) is 1.47. The van der Waals surface area contributed by atoms with Crippen LogP contribution in [-0.2, 0) is 0 Å². The zero-order valence-electron chi connectivity index (χ0n) is 6.98. The fraction of sp³-hybridized carbons (Fsp3) is 0.429. The molecule has 2 N–H and O–H groups in total. The highest BCUT2D eigenvalue weighted by atomic mass is 32.1. The van der Waals surface area contributed by atoms with Gasteiger partial charge in [0.25, 0.3) is 0 Å². The van der Waals surface area contributed by atoms with Gasteiger partial charge in [-0.15, -0.1) is 0 Å². The summed E-state index contributed by atoms with van der Waals surface area (Å²) in [7, 11) is 0. The maximum Gasteiger partial charge on any atom is 0.236 e. The van der Waals surface area contributed by atoms with Gasteiger partial charge in [-0.1, -0.05) is 12.6 Å². The molecule has 0 unspecified atom stereocenters. The van der Waals surface area contributed by atoms with Crippen molar-refractivity contribution < 1.29 is 4.79 Å². The summed E-state index contributed by atoms with van der Waals surface area (Å²) >= 11 is 3.65. The van der Waals surface area contributed by atoms with Crippen LogP contribution in [0.2, 0.25) is 0 Å². The van der Waals surface area contributed by atoms with Crippen LogP contribution in [0.15, 0.2) is 6.07 Å². The lowest BCUT2D eigenvalue weighted by Gasteiger charge is -2.05. The number of carbonyl (C=O) groups is 1. The fourth-order valence-electron chi connectivity index (χ4n) is 0.927. The van der Waals surface area contributed by atoms with Gasteiger partial charge in [-0.25, -0.2) is 4.68 Å². The lowest BCUT2D eigenvalue weighted by molar-refractivity contribution is 0.108. The first-order valence-electron chi connectivity index (χ1n) is 3.60. The van der Waals surface area contributed by atoms with Crippen LogP contribution in [-0.4, -0.2) is 14.9 Å². The van der Waals surface area contributed by atoms with E-state index in [0.717, 1.165) is 0 Å². The molecule has 0 atom stereocenters. The number of thiol groups is 1. The summed E-state index contributed by atoms with van der Waals surface area (Å²) in [5, 5.41) is 3.61. The molecular weight excluding hydrogens is 174 g/mol. The maximum absolute atomic E-state index is 10.8. The number of aromatic nitrogens is 2. The molecule has 12 heavy (non-hydrogen) atoms. The van der Waals surface area contributed by atoms with E-state index in [4.69, 9.17) is 5.73 Å². The summed E-state index contributed by atoms with van der Waals surface area (Å²) in [5.74, 6) is 0.488. The van der Waals surface area contributed by atoms with E-state index in [0.29, 0.717) is 11.5 Å². The molecular formula is C7H11N3OS. The number of nitrogen functional groups attached to an aromatic ring is 1. The second-order valence-electron chi connectivity index (χ2n) is 2.80. The molecule has 0 aliphatic heterocycles. The number of nitrogens with two attached hydrogens (primary N) is 1. The molecule has 0 saturated carbocycles. The fourth-order valence-corrected chi connectivity index (χ4v) is 1.04. The monoisotopic (exact) mass is 185 g/mol. The molecule has 0 fully saturated rings. The minimum absolute atomic E-state index is 0.159. The van der Waals surface area contributed by atoms with Crippen molar-refractivity contribution in [1.29, 1.82) is 0 Å². The molecule has 1 rings (SSSR count). The highest BCUT2D eigenvalue weighted by Crippen LogP contribution is 2.13. The Kier molecular flexibility index (Phi) is 2.42. The second-order valence-corrected chi connectivity index (χ2v) is 3.20. The van der Waals surface area contributed by atoms with E-state index in [1.165, 1.54) is 6.07 Å². The van der Waals surface area contributed by atoms with Crippen molar-refractivity contribution in [3.63, 3.8) is 0 Å². The number of rotatable bonds is 2. The number of carbonyl (C=O) groups excluding carboxylic acids is 1. The summed E-state index contributed by atoms with van der Waals surface area (Å²) in [4.78, 5) is 10.8. The van der Waals surface area contributed by atoms with Crippen molar-refractivity contribution in [2.45, 2.75) is 19.9 Å². The first-order valence-corrected chi connectivity index (χ1v) is 4.05. The SMILES string of the molecule is CC(C)n1nc(C(=O)S)cc1N. The first kappa shape index (κ1) is 9.12. The quantitative estimate of drug-likeness (QED) is 0.679. The van der Waals surface area contributed by atoms with Gasteiger partial charge < -0.3 is 5.73 Å². The molecule has 0 aliphatic rings. The number of nitrogens with zero attached hydrogens (tertiary/aromatic N) is 2. The van der Waals surface area contributed by atoms with Crippen LogP contribution in [0.5, 0.6) is 0 Å². The minimum atomic E-state index is -0.360. The van der Waals surface area contributed by atoms with E-state index in [2.05, 4.69) is 17.7 Å². The van der Waals surface area contributed by atoms with Crippen molar-refractivity contribution >= 4 is 23.6 Å². The molecule has 0 spiro atoms. The standard InChI is InChI=1S/C7H11N3OS/c1-4(2)10-6(8)3-5(9-10)7(11)12/h3-4H,8H2,1-2H3,(H,11,12). The Morgan fingerprint density at radius 2 is 2.33 bits per heavy atom. The zero-order valence-corrected chi connectivity index (χ0v) is 7.88. The van der Waals surface area contributed by atoms with Gasteiger partial charge in [0.15, 0.2) is 0 Å². The second kappa shape index (κ2) is 3.18. The third-order valence-corrected chi connectivity index (χ3v) is 1.70. The summed E-state index contributed by atoms with van der Waals surface area (Å²) in [6.07, 6.45) is 0. The van der Waals surface area contributed by atoms with Gasteiger partial charge >= 0.3 is 0 Å². The summed E-state index contributed by atoms with van der Waals surface area (Å²) in [6, 6.07) is 1.68. The van der Waals surface area contributed by atoms with Crippen molar-refractivity contribution in [2.75, 3.05) is 5.73 Å². The molecule has 0 aromatic carbocycles. The van der Waals surface area contributed by atoms with E-state index < -0.39 is 0 Å². The summed E-state index contributed by atoms with van der Waals surface area (Å²) in [6.45, 7) is 3.88. The first-order chi connectivity index (χ1) is 5.52. The number of anilines is 1. The van der Waals surface area contributed by atoms with E-state index in [1.54, 1.807) is 4.68 Å². The Balaban J connectivity index is 3.09. The van der Waals surface area contributed by atoms with E-state index in [1.807, 2.05) is 13.8 Å². The van der Waals surface area contributed by atoms with E-state index in [9.17, 15) is 4.79 Å². The number of hydrogen-bond donors (Lipinski definition) is 2. The molecule has 1 aromatic rings. The van der Waals surface area contributed by atoms with Gasteiger partial charge in [0, 0.05) is 12.1 Å². The Hall–Kier alpha value is -0.970. The van der Waals surface area contributed by atoms with Gasteiger partial charge in [0.1, 0.15) is 11.5 Å². The summed E-state index contributed by atoms with van der Waals surface area (Å²) < 4.78 is 1.59. The largest absolute Gasteiger partial charge is 0.384 e. The van der Waals surface area contributed by atoms with Crippen molar-refractivity contribution in [3.05, 3.63) is 11.8 Å². The lowest BCUT2D eigenvalue weighted by atomic mass is 10.4. The third kappa shape index (κ3) is 1.61. The van der Waals surface area contributed by atoms with Gasteiger partial charge in [-0.05, 0) is 13.8 Å². The Morgan fingerprint density at radius 3 is 2.58 bits per heavy atom. The molecule has 5 heteroatoms. The van der Waals surface area contributed by atoms with Gasteiger partial charge in [-0.3, -0.25) is 4.79 Å². The molecule has 1 aromatic heterocycles. The van der Waals surface area contributed by atoms with Crippen LogP contribution >= 0.6 is 12.6 Å². The average molecular weight is 185 g/mol. The Morgan fingerprint density at radius 1 is 1.75 bits per heavy atom. The van der Waals surface area contributed by atoms with Crippen LogP contribution in [0.4, 0.5) is 5.82 Å². The highest BCUT2D eigenvalue weighted by molar-refractivity contribution is 7.97. The van der Waals surface area contributed by atoms with Crippen molar-refractivity contribution in [2.24, 2.45) is 0 Å². The molecule has 0 radical (unpaired) electrons. The molecule has 66 valence electrons. The van der Waals surface area contributed by atoms with Gasteiger partial charge in [0.2, 0.25) is 5.12 Å². The average Bonchev–Trinajstić information content (AvgIpc) is 2.30. The predicted molar refractivity (Wildman–Crippen MR) is 50.3 cm³/mol. The molecule has 0 aliphatic carbocycles. The smallest absolute Gasteiger partial charge is 0.236 e. The van der Waals surface area contributed by atoms with E-state index >= 15 is 0 Å². The minimum Gasteiger partial charge on any atom is -0.384 e. The van der Waals surface area contributed by atoms with Crippen LogP contribution < -0.4 is 5.73 Å².